The number of nitrogens with one attached hydrogen (secondary N) is 1. The first-order valence-electron chi connectivity index (χ1n) is 8.50. The first-order valence-corrected chi connectivity index (χ1v) is 8.50. The van der Waals surface area contributed by atoms with E-state index in [0.29, 0.717) is 5.41 Å². The second-order valence-electron chi connectivity index (χ2n) is 7.38. The molecule has 4 heteroatoms. The fourth-order valence-corrected chi connectivity index (χ4v) is 4.06. The zero-order chi connectivity index (χ0) is 14.0. The summed E-state index contributed by atoms with van der Waals surface area (Å²) in [7, 11) is 4.35. The van der Waals surface area contributed by atoms with Gasteiger partial charge in [0.15, 0.2) is 0 Å². The second kappa shape index (κ2) is 6.30. The molecule has 0 aromatic rings. The lowest BCUT2D eigenvalue weighted by molar-refractivity contribution is 0.0564. The molecule has 0 atom stereocenters. The number of piperazine rings is 1. The van der Waals surface area contributed by atoms with E-state index in [1.54, 1.807) is 0 Å². The van der Waals surface area contributed by atoms with E-state index < -0.39 is 0 Å². The lowest BCUT2D eigenvalue weighted by atomic mass is 10.0. The Morgan fingerprint density at radius 3 is 2.20 bits per heavy atom. The minimum atomic E-state index is 0.629. The summed E-state index contributed by atoms with van der Waals surface area (Å²) in [6.07, 6.45) is 5.62. The summed E-state index contributed by atoms with van der Waals surface area (Å²) in [5, 5.41) is 3.38. The molecule has 116 valence electrons. The van der Waals surface area contributed by atoms with Crippen LogP contribution in [0.4, 0.5) is 0 Å². The van der Waals surface area contributed by atoms with Gasteiger partial charge in [-0.15, -0.1) is 0 Å². The van der Waals surface area contributed by atoms with E-state index in [9.17, 15) is 0 Å². The van der Waals surface area contributed by atoms with Crippen molar-refractivity contribution in [3.63, 3.8) is 0 Å². The van der Waals surface area contributed by atoms with Crippen LogP contribution in [0, 0.1) is 5.41 Å². The van der Waals surface area contributed by atoms with Crippen LogP contribution < -0.4 is 5.32 Å². The van der Waals surface area contributed by atoms with E-state index in [4.69, 9.17) is 0 Å². The Morgan fingerprint density at radius 2 is 1.65 bits per heavy atom. The highest BCUT2D eigenvalue weighted by Crippen LogP contribution is 2.45. The minimum Gasteiger partial charge on any atom is -0.319 e. The standard InChI is InChI=1S/C16H32N4/c1-17-13-16(5-6-16)14-19-9-11-20(12-10-19)15-3-7-18(2)8-4-15/h15,17H,3-14H2,1-2H3. The van der Waals surface area contributed by atoms with Crippen molar-refractivity contribution in [2.24, 2.45) is 5.41 Å². The predicted molar refractivity (Wildman–Crippen MR) is 84.1 cm³/mol. The molecular weight excluding hydrogens is 248 g/mol. The third-order valence-electron chi connectivity index (χ3n) is 5.68. The van der Waals surface area contributed by atoms with Crippen LogP contribution in [0.5, 0.6) is 0 Å². The summed E-state index contributed by atoms with van der Waals surface area (Å²) in [6.45, 7) is 10.3. The zero-order valence-electron chi connectivity index (χ0n) is 13.4. The SMILES string of the molecule is CNCC1(CN2CCN(C3CCN(C)CC3)CC2)CC1. The van der Waals surface area contributed by atoms with Crippen molar-refractivity contribution in [1.82, 2.24) is 20.0 Å². The molecule has 0 aromatic heterocycles. The molecule has 3 aliphatic rings. The van der Waals surface area contributed by atoms with E-state index in [0.717, 1.165) is 6.04 Å². The average molecular weight is 280 g/mol. The maximum atomic E-state index is 3.38. The van der Waals surface area contributed by atoms with Crippen LogP contribution in [0.3, 0.4) is 0 Å². The summed E-state index contributed by atoms with van der Waals surface area (Å²) in [6, 6.07) is 0.862. The van der Waals surface area contributed by atoms with E-state index >= 15 is 0 Å². The van der Waals surface area contributed by atoms with Crippen molar-refractivity contribution in [2.45, 2.75) is 31.7 Å². The summed E-state index contributed by atoms with van der Waals surface area (Å²) in [4.78, 5) is 7.96. The highest BCUT2D eigenvalue weighted by molar-refractivity contribution is 4.97. The van der Waals surface area contributed by atoms with E-state index in [1.807, 2.05) is 0 Å². The van der Waals surface area contributed by atoms with E-state index in [1.165, 1.54) is 78.0 Å². The number of hydrogen-bond acceptors (Lipinski definition) is 4. The van der Waals surface area contributed by atoms with Crippen molar-refractivity contribution >= 4 is 0 Å². The molecule has 2 heterocycles. The van der Waals surface area contributed by atoms with Crippen LogP contribution in [0.1, 0.15) is 25.7 Å². The fraction of sp³-hybridized carbons (Fsp3) is 1.00. The normalized spacial score (nSPS) is 29.7. The highest BCUT2D eigenvalue weighted by Gasteiger charge is 2.43. The van der Waals surface area contributed by atoms with Gasteiger partial charge >= 0.3 is 0 Å². The Kier molecular flexibility index (Phi) is 4.65. The molecule has 20 heavy (non-hydrogen) atoms. The van der Waals surface area contributed by atoms with Gasteiger partial charge in [-0.3, -0.25) is 4.90 Å². The Bertz CT molecular complexity index is 300. The molecular formula is C16H32N4. The molecule has 1 saturated carbocycles. The smallest absolute Gasteiger partial charge is 0.0121 e. The number of likely N-dealkylation sites (tertiary alicyclic amines) is 1. The largest absolute Gasteiger partial charge is 0.319 e. The van der Waals surface area contributed by atoms with Gasteiger partial charge in [-0.05, 0) is 58.3 Å². The maximum Gasteiger partial charge on any atom is 0.0121 e. The number of hydrogen-bond donors (Lipinski definition) is 1. The zero-order valence-corrected chi connectivity index (χ0v) is 13.4. The van der Waals surface area contributed by atoms with Gasteiger partial charge in [-0.25, -0.2) is 0 Å². The predicted octanol–water partition coefficient (Wildman–Crippen LogP) is 0.698. The molecule has 0 aromatic carbocycles. The van der Waals surface area contributed by atoms with E-state index in [-0.39, 0.29) is 0 Å². The quantitative estimate of drug-likeness (QED) is 0.800. The Hall–Kier alpha value is -0.160. The van der Waals surface area contributed by atoms with Crippen LogP contribution in [0.25, 0.3) is 0 Å². The summed E-state index contributed by atoms with van der Waals surface area (Å²) < 4.78 is 0. The average Bonchev–Trinajstić information content (AvgIpc) is 3.21. The summed E-state index contributed by atoms with van der Waals surface area (Å²) >= 11 is 0. The van der Waals surface area contributed by atoms with Crippen LogP contribution >= 0.6 is 0 Å². The molecule has 4 nitrogen and oxygen atoms in total. The molecule has 0 amide bonds. The first kappa shape index (κ1) is 14.8. The topological polar surface area (TPSA) is 21.8 Å². The van der Waals surface area contributed by atoms with Gasteiger partial charge in [-0.2, -0.15) is 0 Å². The molecule has 0 spiro atoms. The third kappa shape index (κ3) is 3.53. The van der Waals surface area contributed by atoms with E-state index in [2.05, 4.69) is 34.1 Å². The van der Waals surface area contributed by atoms with Gasteiger partial charge in [0.2, 0.25) is 0 Å². The van der Waals surface area contributed by atoms with Crippen LogP contribution in [0.2, 0.25) is 0 Å². The lowest BCUT2D eigenvalue weighted by Gasteiger charge is -2.43. The Balaban J connectivity index is 1.41. The molecule has 0 radical (unpaired) electrons. The van der Waals surface area contributed by atoms with Gasteiger partial charge in [0, 0.05) is 45.3 Å². The minimum absolute atomic E-state index is 0.629. The Labute approximate surface area is 124 Å². The van der Waals surface area contributed by atoms with Crippen molar-refractivity contribution < 1.29 is 0 Å². The molecule has 3 fully saturated rings. The molecule has 1 N–H and O–H groups in total. The lowest BCUT2D eigenvalue weighted by Crippen LogP contribution is -2.54. The van der Waals surface area contributed by atoms with Gasteiger partial charge < -0.3 is 15.1 Å². The monoisotopic (exact) mass is 280 g/mol. The van der Waals surface area contributed by atoms with Gasteiger partial charge in [0.1, 0.15) is 0 Å². The second-order valence-corrected chi connectivity index (χ2v) is 7.38. The highest BCUT2D eigenvalue weighted by atomic mass is 15.3. The third-order valence-corrected chi connectivity index (χ3v) is 5.68. The van der Waals surface area contributed by atoms with Gasteiger partial charge in [-0.1, -0.05) is 0 Å². The first-order chi connectivity index (χ1) is 9.71. The van der Waals surface area contributed by atoms with Crippen molar-refractivity contribution in [3.8, 4) is 0 Å². The fourth-order valence-electron chi connectivity index (χ4n) is 4.06. The van der Waals surface area contributed by atoms with Crippen molar-refractivity contribution in [3.05, 3.63) is 0 Å². The van der Waals surface area contributed by atoms with Crippen molar-refractivity contribution in [2.75, 3.05) is 66.5 Å². The summed E-state index contributed by atoms with van der Waals surface area (Å²) in [5.41, 5.74) is 0.629. The molecule has 2 aliphatic heterocycles. The van der Waals surface area contributed by atoms with Gasteiger partial charge in [0.05, 0.1) is 0 Å². The number of piperidine rings is 1. The van der Waals surface area contributed by atoms with Crippen LogP contribution in [-0.2, 0) is 0 Å². The Morgan fingerprint density at radius 1 is 1.00 bits per heavy atom. The van der Waals surface area contributed by atoms with Crippen molar-refractivity contribution in [1.29, 1.82) is 0 Å². The molecule has 3 rings (SSSR count). The van der Waals surface area contributed by atoms with Gasteiger partial charge in [0.25, 0.3) is 0 Å². The maximum absolute atomic E-state index is 3.38. The summed E-state index contributed by atoms with van der Waals surface area (Å²) in [5.74, 6) is 0. The molecule has 2 saturated heterocycles. The van der Waals surface area contributed by atoms with Crippen LogP contribution in [-0.4, -0.2) is 87.2 Å². The molecule has 1 aliphatic carbocycles. The molecule has 0 bridgehead atoms. The number of nitrogens with zero attached hydrogens (tertiary/aromatic N) is 3. The number of rotatable bonds is 5. The molecule has 0 unspecified atom stereocenters. The van der Waals surface area contributed by atoms with Crippen LogP contribution in [0.15, 0.2) is 0 Å².